The van der Waals surface area contributed by atoms with E-state index in [1.807, 2.05) is 31.1 Å². The molecule has 0 amide bonds. The van der Waals surface area contributed by atoms with Crippen molar-refractivity contribution in [3.8, 4) is 0 Å². The molecule has 1 fully saturated rings. The molecule has 0 radical (unpaired) electrons. The molecular formula is C16H28N6. The van der Waals surface area contributed by atoms with Crippen LogP contribution >= 0.6 is 0 Å². The molecule has 2 heterocycles. The van der Waals surface area contributed by atoms with Gasteiger partial charge in [0, 0.05) is 38.4 Å². The van der Waals surface area contributed by atoms with Gasteiger partial charge in [0.2, 0.25) is 0 Å². The summed E-state index contributed by atoms with van der Waals surface area (Å²) in [6, 6.07) is 4.54. The van der Waals surface area contributed by atoms with E-state index in [1.165, 1.54) is 19.4 Å². The second-order valence-corrected chi connectivity index (χ2v) is 5.89. The number of likely N-dealkylation sites (N-methyl/N-ethyl adjacent to an activating group) is 1. The number of hydrogen-bond acceptors (Lipinski definition) is 4. The van der Waals surface area contributed by atoms with E-state index in [9.17, 15) is 0 Å². The molecular weight excluding hydrogens is 276 g/mol. The molecule has 0 spiro atoms. The van der Waals surface area contributed by atoms with Gasteiger partial charge in [-0.2, -0.15) is 0 Å². The Morgan fingerprint density at radius 2 is 2.36 bits per heavy atom. The lowest BCUT2D eigenvalue weighted by Gasteiger charge is -2.23. The van der Waals surface area contributed by atoms with E-state index in [1.54, 1.807) is 6.20 Å². The number of rotatable bonds is 6. The molecule has 0 aromatic carbocycles. The number of nitrogens with zero attached hydrogens (tertiary/aromatic N) is 4. The predicted molar refractivity (Wildman–Crippen MR) is 92.2 cm³/mol. The van der Waals surface area contributed by atoms with Gasteiger partial charge in [-0.05, 0) is 32.0 Å². The van der Waals surface area contributed by atoms with Crippen LogP contribution in [0, 0.1) is 0 Å². The van der Waals surface area contributed by atoms with Crippen LogP contribution in [0.15, 0.2) is 23.3 Å². The highest BCUT2D eigenvalue weighted by Crippen LogP contribution is 2.16. The van der Waals surface area contributed by atoms with Crippen molar-refractivity contribution < 1.29 is 0 Å². The number of aliphatic imine (C=N–C) groups is 1. The third-order valence-corrected chi connectivity index (χ3v) is 4.13. The van der Waals surface area contributed by atoms with Crippen molar-refractivity contribution in [1.29, 1.82) is 0 Å². The number of aromatic nitrogens is 1. The summed E-state index contributed by atoms with van der Waals surface area (Å²) in [5.41, 5.74) is 7.08. The summed E-state index contributed by atoms with van der Waals surface area (Å²) in [6.45, 7) is 5.92. The van der Waals surface area contributed by atoms with Gasteiger partial charge >= 0.3 is 0 Å². The Morgan fingerprint density at radius 1 is 1.55 bits per heavy atom. The lowest BCUT2D eigenvalue weighted by molar-refractivity contribution is 0.267. The Balaban J connectivity index is 1.88. The van der Waals surface area contributed by atoms with Gasteiger partial charge in [0.05, 0.1) is 6.54 Å². The molecule has 1 saturated heterocycles. The molecule has 1 atom stereocenters. The average Bonchev–Trinajstić information content (AvgIpc) is 2.98. The van der Waals surface area contributed by atoms with Crippen molar-refractivity contribution in [3.05, 3.63) is 23.9 Å². The molecule has 3 N–H and O–H groups in total. The molecule has 122 valence electrons. The molecule has 1 aromatic heterocycles. The van der Waals surface area contributed by atoms with Crippen molar-refractivity contribution in [2.45, 2.75) is 32.4 Å². The lowest BCUT2D eigenvalue weighted by Crippen LogP contribution is -2.42. The Morgan fingerprint density at radius 3 is 3.09 bits per heavy atom. The molecule has 1 aliphatic heterocycles. The van der Waals surface area contributed by atoms with E-state index in [0.29, 0.717) is 18.5 Å². The maximum Gasteiger partial charge on any atom is 0.188 e. The van der Waals surface area contributed by atoms with Gasteiger partial charge in [-0.1, -0.05) is 13.0 Å². The second-order valence-electron chi connectivity index (χ2n) is 5.89. The number of likely N-dealkylation sites (tertiary alicyclic amines) is 1. The first kappa shape index (κ1) is 16.5. The van der Waals surface area contributed by atoms with Crippen molar-refractivity contribution in [2.75, 3.05) is 38.6 Å². The quantitative estimate of drug-likeness (QED) is 0.607. The average molecular weight is 304 g/mol. The summed E-state index contributed by atoms with van der Waals surface area (Å²) < 4.78 is 0. The highest BCUT2D eigenvalue weighted by Gasteiger charge is 2.22. The number of nitrogens with two attached hydrogens (primary N) is 1. The fraction of sp³-hybridized carbons (Fsp3) is 0.625. The normalized spacial score (nSPS) is 19.4. The maximum absolute atomic E-state index is 6.00. The monoisotopic (exact) mass is 304 g/mol. The van der Waals surface area contributed by atoms with Crippen molar-refractivity contribution in [2.24, 2.45) is 10.7 Å². The predicted octanol–water partition coefficient (Wildman–Crippen LogP) is 1.04. The number of hydrogen-bond donors (Lipinski definition) is 2. The van der Waals surface area contributed by atoms with E-state index in [-0.39, 0.29) is 0 Å². The van der Waals surface area contributed by atoms with Gasteiger partial charge in [0.15, 0.2) is 5.96 Å². The zero-order valence-electron chi connectivity index (χ0n) is 13.9. The molecule has 1 aliphatic rings. The van der Waals surface area contributed by atoms with Crippen molar-refractivity contribution >= 4 is 11.8 Å². The van der Waals surface area contributed by atoms with E-state index in [2.05, 4.69) is 27.1 Å². The molecule has 1 aromatic rings. The first-order valence-electron chi connectivity index (χ1n) is 8.01. The van der Waals surface area contributed by atoms with E-state index in [4.69, 9.17) is 5.73 Å². The minimum absolute atomic E-state index is 0.511. The highest BCUT2D eigenvalue weighted by molar-refractivity contribution is 5.77. The third kappa shape index (κ3) is 4.34. The van der Waals surface area contributed by atoms with Crippen LogP contribution in [0.3, 0.4) is 0 Å². The summed E-state index contributed by atoms with van der Waals surface area (Å²) in [6.07, 6.45) is 4.31. The molecule has 0 saturated carbocycles. The van der Waals surface area contributed by atoms with Gasteiger partial charge in [-0.25, -0.2) is 9.98 Å². The zero-order valence-corrected chi connectivity index (χ0v) is 13.9. The summed E-state index contributed by atoms with van der Waals surface area (Å²) in [7, 11) is 3.97. The minimum atomic E-state index is 0.511. The summed E-state index contributed by atoms with van der Waals surface area (Å²) >= 11 is 0. The summed E-state index contributed by atoms with van der Waals surface area (Å²) in [5.74, 6) is 1.45. The van der Waals surface area contributed by atoms with E-state index in [0.717, 1.165) is 24.5 Å². The summed E-state index contributed by atoms with van der Waals surface area (Å²) in [4.78, 5) is 13.3. The van der Waals surface area contributed by atoms with Gasteiger partial charge in [-0.15, -0.1) is 0 Å². The Hall–Kier alpha value is -1.82. The topological polar surface area (TPSA) is 69.8 Å². The zero-order chi connectivity index (χ0) is 15.9. The highest BCUT2D eigenvalue weighted by atomic mass is 15.2. The van der Waals surface area contributed by atoms with Crippen LogP contribution in [0.5, 0.6) is 0 Å². The number of guanidine groups is 1. The first-order chi connectivity index (χ1) is 10.6. The number of pyridine rings is 1. The largest absolute Gasteiger partial charge is 0.370 e. The smallest absolute Gasteiger partial charge is 0.188 e. The van der Waals surface area contributed by atoms with Crippen LogP contribution in [0.2, 0.25) is 0 Å². The van der Waals surface area contributed by atoms with E-state index >= 15 is 0 Å². The lowest BCUT2D eigenvalue weighted by atomic mass is 10.2. The van der Waals surface area contributed by atoms with Gasteiger partial charge in [0.1, 0.15) is 5.82 Å². The molecule has 6 nitrogen and oxygen atoms in total. The first-order valence-corrected chi connectivity index (χ1v) is 8.01. The van der Waals surface area contributed by atoms with Crippen LogP contribution < -0.4 is 16.0 Å². The van der Waals surface area contributed by atoms with Crippen molar-refractivity contribution in [3.63, 3.8) is 0 Å². The molecule has 22 heavy (non-hydrogen) atoms. The second kappa shape index (κ2) is 7.98. The fourth-order valence-electron chi connectivity index (χ4n) is 2.95. The SMILES string of the molecule is CCN1CCCC1CNC(N)=NCc1cccnc1N(C)C. The standard InChI is InChI=1S/C16H28N6/c1-4-22-10-6-8-14(22)12-20-16(17)19-11-13-7-5-9-18-15(13)21(2)3/h5,7,9,14H,4,6,8,10-12H2,1-3H3,(H3,17,19,20). The van der Waals surface area contributed by atoms with Crippen LogP contribution in [0.1, 0.15) is 25.3 Å². The molecule has 1 unspecified atom stereocenters. The molecule has 0 aliphatic carbocycles. The third-order valence-electron chi connectivity index (χ3n) is 4.13. The molecule has 6 heteroatoms. The molecule has 0 bridgehead atoms. The van der Waals surface area contributed by atoms with Gasteiger partial charge in [-0.3, -0.25) is 4.90 Å². The maximum atomic E-state index is 6.00. The Labute approximate surface area is 133 Å². The van der Waals surface area contributed by atoms with Crippen LogP contribution in [-0.2, 0) is 6.54 Å². The Bertz CT molecular complexity index is 499. The van der Waals surface area contributed by atoms with E-state index < -0.39 is 0 Å². The fourth-order valence-corrected chi connectivity index (χ4v) is 2.95. The summed E-state index contributed by atoms with van der Waals surface area (Å²) in [5, 5.41) is 3.26. The van der Waals surface area contributed by atoms with Crippen LogP contribution in [0.4, 0.5) is 5.82 Å². The Kier molecular flexibility index (Phi) is 6.00. The minimum Gasteiger partial charge on any atom is -0.370 e. The molecule has 2 rings (SSSR count). The van der Waals surface area contributed by atoms with Crippen LogP contribution in [0.25, 0.3) is 0 Å². The van der Waals surface area contributed by atoms with Gasteiger partial charge < -0.3 is 16.0 Å². The number of nitrogens with one attached hydrogen (secondary N) is 1. The van der Waals surface area contributed by atoms with Gasteiger partial charge in [0.25, 0.3) is 0 Å². The number of anilines is 1. The van der Waals surface area contributed by atoms with Crippen LogP contribution in [-0.4, -0.2) is 55.6 Å². The van der Waals surface area contributed by atoms with Crippen molar-refractivity contribution in [1.82, 2.24) is 15.2 Å².